The number of aryl methyl sites for hydroxylation is 1. The lowest BCUT2D eigenvalue weighted by atomic mass is 9.98. The Bertz CT molecular complexity index is 291. The van der Waals surface area contributed by atoms with Gasteiger partial charge in [-0.15, -0.1) is 0 Å². The van der Waals surface area contributed by atoms with Gasteiger partial charge in [0.25, 0.3) is 0 Å². The van der Waals surface area contributed by atoms with E-state index in [1.54, 1.807) is 11.1 Å². The van der Waals surface area contributed by atoms with Gasteiger partial charge in [-0.1, -0.05) is 40.5 Å². The van der Waals surface area contributed by atoms with Gasteiger partial charge in [-0.2, -0.15) is 0 Å². The molecule has 0 aromatic heterocycles. The van der Waals surface area contributed by atoms with E-state index in [9.17, 15) is 0 Å². The number of rotatable bonds is 1. The molecule has 0 unspecified atom stereocenters. The number of halogens is 1. The summed E-state index contributed by atoms with van der Waals surface area (Å²) in [5.74, 6) is 0. The number of hydrogen-bond donors (Lipinski definition) is 0. The van der Waals surface area contributed by atoms with Crippen LogP contribution in [-0.2, 0) is 18.2 Å². The summed E-state index contributed by atoms with van der Waals surface area (Å²) >= 11 is 3.56. The Labute approximate surface area is 88.5 Å². The normalized spacial score (nSPS) is 16.4. The van der Waals surface area contributed by atoms with E-state index in [0.29, 0.717) is 0 Å². The van der Waals surface area contributed by atoms with Crippen molar-refractivity contribution in [2.24, 2.45) is 0 Å². The SMILES string of the molecule is BrCc1cccc2c1CCCCC2. The molecule has 1 aromatic carbocycles. The lowest BCUT2D eigenvalue weighted by Crippen LogP contribution is -1.95. The summed E-state index contributed by atoms with van der Waals surface area (Å²) in [5.41, 5.74) is 4.71. The minimum Gasteiger partial charge on any atom is -0.0876 e. The molecule has 1 heteroatoms. The highest BCUT2D eigenvalue weighted by Crippen LogP contribution is 2.24. The molecule has 1 aromatic rings. The molecule has 0 bridgehead atoms. The highest BCUT2D eigenvalue weighted by molar-refractivity contribution is 9.08. The Morgan fingerprint density at radius 2 is 1.92 bits per heavy atom. The molecule has 70 valence electrons. The third kappa shape index (κ3) is 1.96. The topological polar surface area (TPSA) is 0 Å². The van der Waals surface area contributed by atoms with Crippen LogP contribution in [-0.4, -0.2) is 0 Å². The van der Waals surface area contributed by atoms with Crippen molar-refractivity contribution in [3.8, 4) is 0 Å². The quantitative estimate of drug-likeness (QED) is 0.515. The van der Waals surface area contributed by atoms with Gasteiger partial charge in [-0.05, 0) is 42.4 Å². The lowest BCUT2D eigenvalue weighted by Gasteiger charge is -2.09. The zero-order valence-corrected chi connectivity index (χ0v) is 9.44. The molecule has 0 radical (unpaired) electrons. The van der Waals surface area contributed by atoms with Crippen LogP contribution >= 0.6 is 15.9 Å². The standard InChI is InChI=1S/C12H15Br/c13-9-11-7-4-6-10-5-2-1-3-8-12(10)11/h4,6-7H,1-3,5,8-9H2. The average Bonchev–Trinajstić information content (AvgIpc) is 2.41. The summed E-state index contributed by atoms with van der Waals surface area (Å²) in [5, 5.41) is 1.01. The maximum Gasteiger partial charge on any atom is 0.0285 e. The van der Waals surface area contributed by atoms with Crippen molar-refractivity contribution in [1.82, 2.24) is 0 Å². The van der Waals surface area contributed by atoms with Gasteiger partial charge in [0.2, 0.25) is 0 Å². The van der Waals surface area contributed by atoms with Crippen LogP contribution in [0.2, 0.25) is 0 Å². The first-order valence-electron chi connectivity index (χ1n) is 5.07. The predicted molar refractivity (Wildman–Crippen MR) is 60.3 cm³/mol. The fourth-order valence-electron chi connectivity index (χ4n) is 2.16. The van der Waals surface area contributed by atoms with E-state index in [4.69, 9.17) is 0 Å². The lowest BCUT2D eigenvalue weighted by molar-refractivity contribution is 0.711. The Morgan fingerprint density at radius 3 is 2.77 bits per heavy atom. The molecule has 13 heavy (non-hydrogen) atoms. The minimum atomic E-state index is 1.01. The molecule has 0 aliphatic heterocycles. The fraction of sp³-hybridized carbons (Fsp3) is 0.500. The summed E-state index contributed by atoms with van der Waals surface area (Å²) in [6.45, 7) is 0. The third-order valence-corrected chi connectivity index (χ3v) is 3.49. The second-order valence-corrected chi connectivity index (χ2v) is 4.31. The van der Waals surface area contributed by atoms with Crippen LogP contribution in [0.5, 0.6) is 0 Å². The van der Waals surface area contributed by atoms with Gasteiger partial charge in [0.05, 0.1) is 0 Å². The van der Waals surface area contributed by atoms with Crippen molar-refractivity contribution < 1.29 is 0 Å². The molecular weight excluding hydrogens is 224 g/mol. The average molecular weight is 239 g/mol. The maximum absolute atomic E-state index is 3.56. The molecule has 0 atom stereocenters. The summed E-state index contributed by atoms with van der Waals surface area (Å²) in [6.07, 6.45) is 6.72. The van der Waals surface area contributed by atoms with Crippen LogP contribution in [0.15, 0.2) is 18.2 Å². The van der Waals surface area contributed by atoms with Crippen molar-refractivity contribution in [2.75, 3.05) is 0 Å². The zero-order chi connectivity index (χ0) is 9.10. The summed E-state index contributed by atoms with van der Waals surface area (Å²) in [4.78, 5) is 0. The van der Waals surface area contributed by atoms with E-state index >= 15 is 0 Å². The molecule has 0 amide bonds. The number of fused-ring (bicyclic) bond motifs is 1. The van der Waals surface area contributed by atoms with Crippen molar-refractivity contribution in [1.29, 1.82) is 0 Å². The highest BCUT2D eigenvalue weighted by atomic mass is 79.9. The Hall–Kier alpha value is -0.300. The van der Waals surface area contributed by atoms with Crippen molar-refractivity contribution >= 4 is 15.9 Å². The molecule has 1 aliphatic carbocycles. The Morgan fingerprint density at radius 1 is 1.08 bits per heavy atom. The number of benzene rings is 1. The monoisotopic (exact) mass is 238 g/mol. The van der Waals surface area contributed by atoms with Crippen LogP contribution in [0.1, 0.15) is 36.0 Å². The second kappa shape index (κ2) is 4.28. The van der Waals surface area contributed by atoms with Gasteiger partial charge in [0.1, 0.15) is 0 Å². The third-order valence-electron chi connectivity index (χ3n) is 2.89. The van der Waals surface area contributed by atoms with Crippen molar-refractivity contribution in [3.05, 3.63) is 34.9 Å². The van der Waals surface area contributed by atoms with E-state index in [1.165, 1.54) is 37.7 Å². The van der Waals surface area contributed by atoms with Gasteiger partial charge in [0, 0.05) is 5.33 Å². The van der Waals surface area contributed by atoms with Crippen molar-refractivity contribution in [3.63, 3.8) is 0 Å². The maximum atomic E-state index is 3.56. The van der Waals surface area contributed by atoms with E-state index in [1.807, 2.05) is 0 Å². The van der Waals surface area contributed by atoms with Gasteiger partial charge in [-0.25, -0.2) is 0 Å². The zero-order valence-electron chi connectivity index (χ0n) is 7.85. The molecule has 1 aliphatic rings. The van der Waals surface area contributed by atoms with E-state index in [-0.39, 0.29) is 0 Å². The molecule has 0 nitrogen and oxygen atoms in total. The van der Waals surface area contributed by atoms with Crippen LogP contribution in [0.4, 0.5) is 0 Å². The first-order chi connectivity index (χ1) is 6.42. The number of hydrogen-bond acceptors (Lipinski definition) is 0. The molecule has 0 spiro atoms. The van der Waals surface area contributed by atoms with Crippen molar-refractivity contribution in [2.45, 2.75) is 37.4 Å². The molecule has 2 rings (SSSR count). The Kier molecular flexibility index (Phi) is 3.05. The Balaban J connectivity index is 2.40. The molecule has 0 saturated carbocycles. The molecule has 0 N–H and O–H groups in total. The summed E-state index contributed by atoms with van der Waals surface area (Å²) < 4.78 is 0. The van der Waals surface area contributed by atoms with Crippen LogP contribution < -0.4 is 0 Å². The largest absolute Gasteiger partial charge is 0.0876 e. The van der Waals surface area contributed by atoms with Gasteiger partial charge in [0.15, 0.2) is 0 Å². The van der Waals surface area contributed by atoms with Crippen LogP contribution in [0, 0.1) is 0 Å². The molecular formula is C12H15Br. The van der Waals surface area contributed by atoms with Gasteiger partial charge >= 0.3 is 0 Å². The highest BCUT2D eigenvalue weighted by Gasteiger charge is 2.10. The van der Waals surface area contributed by atoms with E-state index in [0.717, 1.165) is 5.33 Å². The summed E-state index contributed by atoms with van der Waals surface area (Å²) in [7, 11) is 0. The number of alkyl halides is 1. The van der Waals surface area contributed by atoms with Crippen LogP contribution in [0.25, 0.3) is 0 Å². The van der Waals surface area contributed by atoms with E-state index < -0.39 is 0 Å². The molecule has 0 saturated heterocycles. The van der Waals surface area contributed by atoms with Gasteiger partial charge < -0.3 is 0 Å². The van der Waals surface area contributed by atoms with Gasteiger partial charge in [-0.3, -0.25) is 0 Å². The predicted octanol–water partition coefficient (Wildman–Crippen LogP) is 3.85. The smallest absolute Gasteiger partial charge is 0.0285 e. The first-order valence-corrected chi connectivity index (χ1v) is 6.19. The minimum absolute atomic E-state index is 1.01. The summed E-state index contributed by atoms with van der Waals surface area (Å²) in [6, 6.07) is 6.74. The molecule has 0 heterocycles. The fourth-order valence-corrected chi connectivity index (χ4v) is 2.69. The first kappa shape index (κ1) is 9.26. The van der Waals surface area contributed by atoms with E-state index in [2.05, 4.69) is 34.1 Å². The second-order valence-electron chi connectivity index (χ2n) is 3.75. The van der Waals surface area contributed by atoms with Crippen LogP contribution in [0.3, 0.4) is 0 Å². The molecule has 0 fully saturated rings.